The molecule has 2 aromatic rings. The van der Waals surface area contributed by atoms with Gasteiger partial charge in [0.05, 0.1) is 0 Å². The van der Waals surface area contributed by atoms with Crippen LogP contribution in [0.2, 0.25) is 0 Å². The van der Waals surface area contributed by atoms with Gasteiger partial charge in [-0.2, -0.15) is 0 Å². The fraction of sp³-hybridized carbons (Fsp3) is 0.435. The molecule has 3 heteroatoms. The average molecular weight is 465 g/mol. The second-order valence-corrected chi connectivity index (χ2v) is 9.54. The summed E-state index contributed by atoms with van der Waals surface area (Å²) in [6, 6.07) is 18.4. The standard InChI is InChI=1S/C23H30IO2/c1-2-3-4-5-6-7-8-12-19-26-23(25)20-15-17-22(18-16-20)24-21-13-10-9-11-14-21/h9-11,13-18H,2-8,12,19H2,1H3/q-1. The molecule has 0 aliphatic heterocycles. The number of esters is 1. The molecular weight excluding hydrogens is 435 g/mol. The predicted molar refractivity (Wildman–Crippen MR) is 103 cm³/mol. The van der Waals surface area contributed by atoms with Crippen molar-refractivity contribution in [3.63, 3.8) is 0 Å². The molecule has 142 valence electrons. The summed E-state index contributed by atoms with van der Waals surface area (Å²) in [6.07, 6.45) is 10.0. The molecule has 2 aromatic carbocycles. The van der Waals surface area contributed by atoms with E-state index in [1.54, 1.807) is 0 Å². The fourth-order valence-corrected chi connectivity index (χ4v) is 4.95. The van der Waals surface area contributed by atoms with E-state index in [0.29, 0.717) is 12.2 Å². The Morgan fingerprint density at radius 1 is 0.769 bits per heavy atom. The Balaban J connectivity index is 1.62. The van der Waals surface area contributed by atoms with Gasteiger partial charge in [-0.3, -0.25) is 0 Å². The van der Waals surface area contributed by atoms with E-state index in [9.17, 15) is 4.79 Å². The molecule has 0 bridgehead atoms. The predicted octanol–water partition coefficient (Wildman–Crippen LogP) is 3.11. The number of halogens is 1. The van der Waals surface area contributed by atoms with Crippen LogP contribution in [-0.4, -0.2) is 12.6 Å². The third-order valence-corrected chi connectivity index (χ3v) is 6.95. The van der Waals surface area contributed by atoms with Gasteiger partial charge in [-0.1, -0.05) is 26.2 Å². The summed E-state index contributed by atoms with van der Waals surface area (Å²) in [7, 11) is 0. The van der Waals surface area contributed by atoms with Crippen LogP contribution in [0, 0.1) is 7.14 Å². The van der Waals surface area contributed by atoms with Crippen LogP contribution in [0.15, 0.2) is 54.6 Å². The minimum absolute atomic E-state index is 0.181. The van der Waals surface area contributed by atoms with Crippen molar-refractivity contribution in [3.8, 4) is 0 Å². The normalized spacial score (nSPS) is 10.8. The second-order valence-electron chi connectivity index (χ2n) is 6.51. The SMILES string of the molecule is CCCCCCCCCCOC(=O)c1ccc([I-]c2ccccc2)cc1. The van der Waals surface area contributed by atoms with E-state index >= 15 is 0 Å². The number of carbonyl (C=O) groups is 1. The van der Waals surface area contributed by atoms with Crippen LogP contribution in [0.25, 0.3) is 0 Å². The molecule has 2 nitrogen and oxygen atoms in total. The van der Waals surface area contributed by atoms with Gasteiger partial charge >= 0.3 is 143 Å². The van der Waals surface area contributed by atoms with Gasteiger partial charge in [-0.15, -0.1) is 0 Å². The van der Waals surface area contributed by atoms with Crippen molar-refractivity contribution < 1.29 is 30.7 Å². The van der Waals surface area contributed by atoms with E-state index in [1.807, 2.05) is 18.2 Å². The Morgan fingerprint density at radius 3 is 2.00 bits per heavy atom. The van der Waals surface area contributed by atoms with Crippen LogP contribution >= 0.6 is 0 Å². The quantitative estimate of drug-likeness (QED) is 0.274. The maximum absolute atomic E-state index is 12.1. The summed E-state index contributed by atoms with van der Waals surface area (Å²) in [5, 5.41) is 0. The van der Waals surface area contributed by atoms with Crippen molar-refractivity contribution in [2.75, 3.05) is 6.61 Å². The summed E-state index contributed by atoms with van der Waals surface area (Å²) in [5.74, 6) is -0.197. The van der Waals surface area contributed by atoms with Crippen LogP contribution in [0.5, 0.6) is 0 Å². The molecule has 0 aromatic heterocycles. The Labute approximate surface area is 168 Å². The van der Waals surface area contributed by atoms with Gasteiger partial charge in [0.25, 0.3) is 0 Å². The van der Waals surface area contributed by atoms with Gasteiger partial charge in [-0.05, 0) is 0 Å². The van der Waals surface area contributed by atoms with Gasteiger partial charge in [0.15, 0.2) is 0 Å². The van der Waals surface area contributed by atoms with E-state index < -0.39 is 0 Å². The van der Waals surface area contributed by atoms with E-state index in [2.05, 4.69) is 43.3 Å². The van der Waals surface area contributed by atoms with Crippen molar-refractivity contribution >= 4 is 5.97 Å². The summed E-state index contributed by atoms with van der Waals surface area (Å²) >= 11 is -0.181. The molecule has 0 aliphatic rings. The molecule has 0 amide bonds. The van der Waals surface area contributed by atoms with Gasteiger partial charge < -0.3 is 0 Å². The van der Waals surface area contributed by atoms with E-state index in [1.165, 1.54) is 45.7 Å². The molecule has 0 aliphatic carbocycles. The first kappa shape index (κ1) is 20.9. The van der Waals surface area contributed by atoms with Gasteiger partial charge in [-0.25, -0.2) is 0 Å². The fourth-order valence-electron chi connectivity index (χ4n) is 2.74. The number of hydrogen-bond donors (Lipinski definition) is 0. The first-order valence-electron chi connectivity index (χ1n) is 9.76. The molecule has 0 fully saturated rings. The molecule has 2 rings (SSSR count). The van der Waals surface area contributed by atoms with Crippen LogP contribution in [0.3, 0.4) is 0 Å². The van der Waals surface area contributed by atoms with Gasteiger partial charge in [0, 0.05) is 0 Å². The zero-order valence-electron chi connectivity index (χ0n) is 15.8. The number of unbranched alkanes of at least 4 members (excludes halogenated alkanes) is 7. The first-order valence-corrected chi connectivity index (χ1v) is 11.9. The van der Waals surface area contributed by atoms with E-state index in [0.717, 1.165) is 12.8 Å². The van der Waals surface area contributed by atoms with Crippen molar-refractivity contribution in [1.82, 2.24) is 0 Å². The molecule has 0 atom stereocenters. The number of ether oxygens (including phenoxy) is 1. The summed E-state index contributed by atoms with van der Waals surface area (Å²) in [5.41, 5.74) is 0.658. The monoisotopic (exact) mass is 465 g/mol. The van der Waals surface area contributed by atoms with Crippen molar-refractivity contribution in [2.45, 2.75) is 58.3 Å². The first-order chi connectivity index (χ1) is 12.8. The van der Waals surface area contributed by atoms with Crippen molar-refractivity contribution in [3.05, 3.63) is 67.3 Å². The summed E-state index contributed by atoms with van der Waals surface area (Å²) in [6.45, 7) is 2.78. The third kappa shape index (κ3) is 8.35. The van der Waals surface area contributed by atoms with Gasteiger partial charge in [0.2, 0.25) is 0 Å². The number of carbonyl (C=O) groups excluding carboxylic acids is 1. The number of benzene rings is 2. The van der Waals surface area contributed by atoms with Crippen LogP contribution in [0.4, 0.5) is 0 Å². The molecule has 0 radical (unpaired) electrons. The third-order valence-electron chi connectivity index (χ3n) is 4.26. The molecule has 0 heterocycles. The molecule has 26 heavy (non-hydrogen) atoms. The van der Waals surface area contributed by atoms with E-state index in [4.69, 9.17) is 4.74 Å². The van der Waals surface area contributed by atoms with Crippen LogP contribution < -0.4 is 21.2 Å². The number of rotatable bonds is 12. The van der Waals surface area contributed by atoms with Crippen molar-refractivity contribution in [1.29, 1.82) is 0 Å². The van der Waals surface area contributed by atoms with Crippen LogP contribution in [0.1, 0.15) is 68.6 Å². The van der Waals surface area contributed by atoms with Crippen LogP contribution in [-0.2, 0) is 4.74 Å². The molecular formula is C23H30IO2-. The van der Waals surface area contributed by atoms with Crippen molar-refractivity contribution in [2.24, 2.45) is 0 Å². The molecule has 0 N–H and O–H groups in total. The zero-order chi connectivity index (χ0) is 18.5. The number of hydrogen-bond acceptors (Lipinski definition) is 2. The molecule has 0 spiro atoms. The molecule has 0 saturated heterocycles. The Morgan fingerprint density at radius 2 is 1.35 bits per heavy atom. The average Bonchev–Trinajstić information content (AvgIpc) is 2.68. The second kappa shape index (κ2) is 12.9. The van der Waals surface area contributed by atoms with E-state index in [-0.39, 0.29) is 27.2 Å². The van der Waals surface area contributed by atoms with Gasteiger partial charge in [0.1, 0.15) is 0 Å². The Kier molecular flexibility index (Phi) is 10.4. The maximum atomic E-state index is 12.1. The zero-order valence-corrected chi connectivity index (χ0v) is 17.9. The Hall–Kier alpha value is -1.36. The molecule has 0 saturated carbocycles. The summed E-state index contributed by atoms with van der Waals surface area (Å²) < 4.78 is 8.10. The topological polar surface area (TPSA) is 26.3 Å². The minimum atomic E-state index is -0.197. The Bertz CT molecular complexity index is 622. The summed E-state index contributed by atoms with van der Waals surface area (Å²) in [4.78, 5) is 12.1. The molecule has 0 unspecified atom stereocenters.